The third kappa shape index (κ3) is 2.75. The summed E-state index contributed by atoms with van der Waals surface area (Å²) in [6.07, 6.45) is 1.86. The molecule has 1 aromatic carbocycles. The predicted molar refractivity (Wildman–Crippen MR) is 94.1 cm³/mol. The van der Waals surface area contributed by atoms with Gasteiger partial charge < -0.3 is 14.5 Å². The molecule has 1 N–H and O–H groups in total. The van der Waals surface area contributed by atoms with E-state index in [4.69, 9.17) is 16.1 Å². The topological polar surface area (TPSA) is 92.3 Å². The van der Waals surface area contributed by atoms with Crippen molar-refractivity contribution in [3.8, 4) is 22.5 Å². The van der Waals surface area contributed by atoms with Crippen molar-refractivity contribution in [2.75, 3.05) is 13.6 Å². The third-order valence-corrected chi connectivity index (χ3v) is 4.69. The summed E-state index contributed by atoms with van der Waals surface area (Å²) in [4.78, 5) is 21.8. The Morgan fingerprint density at radius 1 is 1.23 bits per heavy atom. The van der Waals surface area contributed by atoms with Crippen molar-refractivity contribution in [1.82, 2.24) is 20.0 Å². The SMILES string of the molecule is CN1CCC(O)(c2cc(-c3cccc(-c4ccnc(Cl)n4)c3)no2)C1=O. The van der Waals surface area contributed by atoms with Gasteiger partial charge in [0, 0.05) is 43.4 Å². The summed E-state index contributed by atoms with van der Waals surface area (Å²) >= 11 is 5.86. The van der Waals surface area contributed by atoms with Gasteiger partial charge in [0.25, 0.3) is 5.91 Å². The minimum atomic E-state index is -1.65. The number of nitrogens with zero attached hydrogens (tertiary/aromatic N) is 4. The van der Waals surface area contributed by atoms with Crippen LogP contribution in [0.4, 0.5) is 0 Å². The van der Waals surface area contributed by atoms with E-state index in [0.29, 0.717) is 17.9 Å². The van der Waals surface area contributed by atoms with Crippen molar-refractivity contribution >= 4 is 17.5 Å². The highest BCUT2D eigenvalue weighted by Crippen LogP contribution is 2.35. The van der Waals surface area contributed by atoms with E-state index in [9.17, 15) is 9.90 Å². The van der Waals surface area contributed by atoms with Gasteiger partial charge in [0.2, 0.25) is 10.9 Å². The molecule has 1 atom stereocenters. The van der Waals surface area contributed by atoms with E-state index >= 15 is 0 Å². The number of likely N-dealkylation sites (N-methyl/N-ethyl adjacent to an activating group) is 1. The van der Waals surface area contributed by atoms with Gasteiger partial charge >= 0.3 is 0 Å². The van der Waals surface area contributed by atoms with Crippen LogP contribution in [0, 0.1) is 0 Å². The lowest BCUT2D eigenvalue weighted by atomic mass is 9.98. The van der Waals surface area contributed by atoms with E-state index < -0.39 is 5.60 Å². The molecule has 0 radical (unpaired) electrons. The number of rotatable bonds is 3. The summed E-state index contributed by atoms with van der Waals surface area (Å²) < 4.78 is 5.30. The summed E-state index contributed by atoms with van der Waals surface area (Å²) in [6.45, 7) is 0.468. The van der Waals surface area contributed by atoms with Crippen LogP contribution in [0.25, 0.3) is 22.5 Å². The molecule has 3 heterocycles. The van der Waals surface area contributed by atoms with Crippen LogP contribution in [0.1, 0.15) is 12.2 Å². The summed E-state index contributed by atoms with van der Waals surface area (Å²) in [6, 6.07) is 10.9. The number of hydrogen-bond donors (Lipinski definition) is 1. The van der Waals surface area contributed by atoms with Gasteiger partial charge in [0.15, 0.2) is 5.76 Å². The quantitative estimate of drug-likeness (QED) is 0.712. The molecule has 1 aliphatic rings. The maximum Gasteiger partial charge on any atom is 0.262 e. The van der Waals surface area contributed by atoms with Gasteiger partial charge in [-0.25, -0.2) is 9.97 Å². The van der Waals surface area contributed by atoms with Gasteiger partial charge in [-0.15, -0.1) is 0 Å². The Balaban J connectivity index is 1.69. The lowest BCUT2D eigenvalue weighted by Gasteiger charge is -2.16. The van der Waals surface area contributed by atoms with Gasteiger partial charge in [-0.3, -0.25) is 4.79 Å². The lowest BCUT2D eigenvalue weighted by molar-refractivity contribution is -0.144. The molecule has 8 heteroatoms. The van der Waals surface area contributed by atoms with Crippen LogP contribution in [0.2, 0.25) is 5.28 Å². The van der Waals surface area contributed by atoms with Gasteiger partial charge in [-0.1, -0.05) is 23.4 Å². The summed E-state index contributed by atoms with van der Waals surface area (Å²) in [5, 5.41) is 14.9. The van der Waals surface area contributed by atoms with Crippen LogP contribution >= 0.6 is 11.6 Å². The van der Waals surface area contributed by atoms with Crippen molar-refractivity contribution in [2.24, 2.45) is 0 Å². The van der Waals surface area contributed by atoms with Crippen LogP contribution in [0.15, 0.2) is 47.1 Å². The Bertz CT molecular complexity index is 990. The second kappa shape index (κ2) is 6.19. The summed E-state index contributed by atoms with van der Waals surface area (Å²) in [7, 11) is 1.65. The second-order valence-electron chi connectivity index (χ2n) is 6.21. The van der Waals surface area contributed by atoms with E-state index in [2.05, 4.69) is 15.1 Å². The number of hydrogen-bond acceptors (Lipinski definition) is 6. The highest BCUT2D eigenvalue weighted by molar-refractivity contribution is 6.28. The van der Waals surface area contributed by atoms with Crippen LogP contribution < -0.4 is 0 Å². The zero-order valence-corrected chi connectivity index (χ0v) is 14.6. The minimum absolute atomic E-state index is 0.150. The molecule has 26 heavy (non-hydrogen) atoms. The lowest BCUT2D eigenvalue weighted by Crippen LogP contribution is -2.35. The smallest absolute Gasteiger partial charge is 0.262 e. The number of aromatic nitrogens is 3. The maximum absolute atomic E-state index is 12.2. The third-order valence-electron chi connectivity index (χ3n) is 4.51. The molecule has 3 aromatic rings. The normalized spacial score (nSPS) is 20.0. The Hall–Kier alpha value is -2.77. The molecule has 1 unspecified atom stereocenters. The average molecular weight is 371 g/mol. The molecule has 2 aromatic heterocycles. The fraction of sp³-hybridized carbons (Fsp3) is 0.222. The first-order valence-electron chi connectivity index (χ1n) is 8.02. The molecule has 132 valence electrons. The van der Waals surface area contributed by atoms with Crippen molar-refractivity contribution in [1.29, 1.82) is 0 Å². The van der Waals surface area contributed by atoms with Crippen molar-refractivity contribution in [2.45, 2.75) is 12.0 Å². The molecular weight excluding hydrogens is 356 g/mol. The highest BCUT2D eigenvalue weighted by atomic mass is 35.5. The van der Waals surface area contributed by atoms with Gasteiger partial charge in [-0.2, -0.15) is 0 Å². The Morgan fingerprint density at radius 3 is 2.69 bits per heavy atom. The maximum atomic E-state index is 12.2. The molecule has 1 saturated heterocycles. The van der Waals surface area contributed by atoms with Crippen LogP contribution in [0.3, 0.4) is 0 Å². The van der Waals surface area contributed by atoms with Crippen LogP contribution in [-0.2, 0) is 10.4 Å². The molecular formula is C18H15ClN4O3. The number of aliphatic hydroxyl groups is 1. The number of benzene rings is 1. The number of halogens is 1. The Labute approximate surface area is 154 Å². The zero-order valence-electron chi connectivity index (χ0n) is 13.9. The fourth-order valence-corrected chi connectivity index (χ4v) is 3.17. The first-order chi connectivity index (χ1) is 12.5. The van der Waals surface area contributed by atoms with E-state index in [1.807, 2.05) is 24.3 Å². The molecule has 1 amide bonds. The summed E-state index contributed by atoms with van der Waals surface area (Å²) in [5.41, 5.74) is 1.17. The van der Waals surface area contributed by atoms with E-state index in [-0.39, 0.29) is 23.4 Å². The van der Waals surface area contributed by atoms with Crippen LogP contribution in [0.5, 0.6) is 0 Å². The Morgan fingerprint density at radius 2 is 2.00 bits per heavy atom. The molecule has 0 aliphatic carbocycles. The zero-order chi connectivity index (χ0) is 18.3. The molecule has 7 nitrogen and oxygen atoms in total. The second-order valence-corrected chi connectivity index (χ2v) is 6.54. The van der Waals surface area contributed by atoms with Gasteiger partial charge in [0.1, 0.15) is 5.69 Å². The first-order valence-corrected chi connectivity index (χ1v) is 8.40. The molecule has 0 bridgehead atoms. The summed E-state index contributed by atoms with van der Waals surface area (Å²) in [5.74, 6) is -0.234. The standard InChI is InChI=1S/C18H15ClN4O3/c1-23-8-6-18(25,16(23)24)15-10-14(22-26-15)12-4-2-3-11(9-12)13-5-7-20-17(19)21-13/h2-5,7,9-10,25H,6,8H2,1H3. The van der Waals surface area contributed by atoms with E-state index in [1.165, 1.54) is 4.90 Å². The number of amides is 1. The minimum Gasteiger partial charge on any atom is -0.373 e. The highest BCUT2D eigenvalue weighted by Gasteiger charge is 2.48. The number of likely N-dealkylation sites (tertiary alicyclic amines) is 1. The Kier molecular flexibility index (Phi) is 3.97. The van der Waals surface area contributed by atoms with Gasteiger partial charge in [-0.05, 0) is 23.7 Å². The average Bonchev–Trinajstić information content (AvgIpc) is 3.25. The van der Waals surface area contributed by atoms with Crippen molar-refractivity contribution < 1.29 is 14.4 Å². The molecule has 1 fully saturated rings. The fourth-order valence-electron chi connectivity index (χ4n) is 3.02. The van der Waals surface area contributed by atoms with Gasteiger partial charge in [0.05, 0.1) is 5.69 Å². The van der Waals surface area contributed by atoms with Crippen molar-refractivity contribution in [3.05, 3.63) is 53.6 Å². The van der Waals surface area contributed by atoms with E-state index in [1.54, 1.807) is 25.4 Å². The number of carbonyl (C=O) groups is 1. The van der Waals surface area contributed by atoms with Crippen molar-refractivity contribution in [3.63, 3.8) is 0 Å². The predicted octanol–water partition coefficient (Wildman–Crippen LogP) is 2.50. The molecule has 1 aliphatic heterocycles. The molecule has 0 spiro atoms. The largest absolute Gasteiger partial charge is 0.373 e. The van der Waals surface area contributed by atoms with E-state index in [0.717, 1.165) is 11.1 Å². The number of carbonyl (C=O) groups excluding carboxylic acids is 1. The molecule has 0 saturated carbocycles. The first kappa shape index (κ1) is 16.7. The monoisotopic (exact) mass is 370 g/mol. The molecule has 4 rings (SSSR count). The van der Waals surface area contributed by atoms with Crippen LogP contribution in [-0.4, -0.2) is 44.6 Å².